The number of rotatable bonds is 10. The predicted octanol–water partition coefficient (Wildman–Crippen LogP) is 5.32. The van der Waals surface area contributed by atoms with Crippen LogP contribution in [-0.2, 0) is 0 Å². The Morgan fingerprint density at radius 1 is 1.09 bits per heavy atom. The Morgan fingerprint density at radius 2 is 1.87 bits per heavy atom. The fourth-order valence-corrected chi connectivity index (χ4v) is 2.42. The van der Waals surface area contributed by atoms with Gasteiger partial charge < -0.3 is 4.74 Å². The molecule has 0 saturated carbocycles. The lowest BCUT2D eigenvalue weighted by molar-refractivity contribution is 0.280. The standard InChI is InChI=1S/C20H27N2O/c1-3-17(2)11-7-4-5-10-14-23-20-21-15-19(16-22-20)18-12-8-6-9-13-18/h6,8-9,12,15-17H,3-5,7,10-11,14H2,1-2H3/t17-/m0/s1. The number of hydrogen-bond acceptors (Lipinski definition) is 3. The van der Waals surface area contributed by atoms with E-state index in [-0.39, 0.29) is 0 Å². The lowest BCUT2D eigenvalue weighted by atomic mass is 10.0. The lowest BCUT2D eigenvalue weighted by Crippen LogP contribution is -2.01. The van der Waals surface area contributed by atoms with Gasteiger partial charge in [-0.05, 0) is 24.0 Å². The van der Waals surface area contributed by atoms with E-state index in [0.717, 1.165) is 23.5 Å². The Hall–Kier alpha value is -1.90. The van der Waals surface area contributed by atoms with Crippen LogP contribution in [0, 0.1) is 12.0 Å². The van der Waals surface area contributed by atoms with Crippen LogP contribution in [0.1, 0.15) is 52.4 Å². The van der Waals surface area contributed by atoms with E-state index in [2.05, 4.69) is 29.9 Å². The fourth-order valence-electron chi connectivity index (χ4n) is 2.42. The molecule has 0 aliphatic heterocycles. The average molecular weight is 311 g/mol. The molecule has 0 saturated heterocycles. The maximum absolute atomic E-state index is 5.61. The molecule has 2 aromatic rings. The monoisotopic (exact) mass is 311 g/mol. The molecule has 23 heavy (non-hydrogen) atoms. The van der Waals surface area contributed by atoms with Crippen molar-refractivity contribution in [2.45, 2.75) is 52.4 Å². The first-order chi connectivity index (χ1) is 11.3. The molecule has 3 heteroatoms. The van der Waals surface area contributed by atoms with Crippen LogP contribution in [0.25, 0.3) is 11.1 Å². The maximum atomic E-state index is 5.61. The van der Waals surface area contributed by atoms with Crippen molar-refractivity contribution in [3.05, 3.63) is 42.7 Å². The smallest absolute Gasteiger partial charge is 0.316 e. The minimum atomic E-state index is 0.462. The summed E-state index contributed by atoms with van der Waals surface area (Å²) in [5.41, 5.74) is 1.96. The molecule has 1 atom stereocenters. The Bertz CT molecular complexity index is 539. The van der Waals surface area contributed by atoms with Crippen LogP contribution in [0.2, 0.25) is 0 Å². The van der Waals surface area contributed by atoms with Crippen molar-refractivity contribution in [1.29, 1.82) is 0 Å². The third kappa shape index (κ3) is 6.39. The van der Waals surface area contributed by atoms with E-state index in [9.17, 15) is 0 Å². The second kappa shape index (κ2) is 9.98. The van der Waals surface area contributed by atoms with Crippen LogP contribution in [-0.4, -0.2) is 16.6 Å². The first kappa shape index (κ1) is 17.5. The SMILES string of the molecule is CC[C@H](C)CCCCCCOc1ncc(-c2[c]cccc2)cn1. The van der Waals surface area contributed by atoms with Gasteiger partial charge in [-0.2, -0.15) is 0 Å². The summed E-state index contributed by atoms with van der Waals surface area (Å²) in [5, 5.41) is 0. The Kier molecular flexibility index (Phi) is 7.58. The molecule has 0 amide bonds. The number of benzene rings is 1. The number of aromatic nitrogens is 2. The first-order valence-corrected chi connectivity index (χ1v) is 8.71. The van der Waals surface area contributed by atoms with Gasteiger partial charge in [0.2, 0.25) is 0 Å². The molecule has 1 aromatic heterocycles. The topological polar surface area (TPSA) is 35.0 Å². The zero-order chi connectivity index (χ0) is 16.3. The summed E-state index contributed by atoms with van der Waals surface area (Å²) in [6.45, 7) is 5.29. The summed E-state index contributed by atoms with van der Waals surface area (Å²) in [6, 6.07) is 11.5. The summed E-state index contributed by atoms with van der Waals surface area (Å²) in [7, 11) is 0. The summed E-state index contributed by atoms with van der Waals surface area (Å²) >= 11 is 0. The van der Waals surface area contributed by atoms with Gasteiger partial charge in [-0.25, -0.2) is 9.97 Å². The van der Waals surface area contributed by atoms with Crippen molar-refractivity contribution < 1.29 is 4.74 Å². The molecule has 3 nitrogen and oxygen atoms in total. The van der Waals surface area contributed by atoms with Gasteiger partial charge in [-0.15, -0.1) is 0 Å². The van der Waals surface area contributed by atoms with E-state index in [1.807, 2.05) is 24.3 Å². The number of nitrogens with zero attached hydrogens (tertiary/aromatic N) is 2. The molecule has 1 aromatic carbocycles. The van der Waals surface area contributed by atoms with Crippen LogP contribution in [0.15, 0.2) is 36.7 Å². The van der Waals surface area contributed by atoms with Gasteiger partial charge in [0, 0.05) is 18.0 Å². The quantitative estimate of drug-likeness (QED) is 0.557. The van der Waals surface area contributed by atoms with Gasteiger partial charge in [0.1, 0.15) is 0 Å². The molecule has 1 heterocycles. The van der Waals surface area contributed by atoms with E-state index in [1.54, 1.807) is 12.4 Å². The molecular weight excluding hydrogens is 284 g/mol. The van der Waals surface area contributed by atoms with Gasteiger partial charge in [-0.3, -0.25) is 0 Å². The largest absolute Gasteiger partial charge is 0.463 e. The fraction of sp³-hybridized carbons (Fsp3) is 0.500. The van der Waals surface area contributed by atoms with Crippen LogP contribution in [0.3, 0.4) is 0 Å². The molecule has 123 valence electrons. The van der Waals surface area contributed by atoms with Gasteiger partial charge in [-0.1, -0.05) is 70.2 Å². The van der Waals surface area contributed by atoms with E-state index < -0.39 is 0 Å². The van der Waals surface area contributed by atoms with Crippen molar-refractivity contribution in [3.8, 4) is 17.1 Å². The number of hydrogen-bond donors (Lipinski definition) is 0. The summed E-state index contributed by atoms with van der Waals surface area (Å²) in [4.78, 5) is 8.54. The third-order valence-electron chi connectivity index (χ3n) is 4.17. The van der Waals surface area contributed by atoms with Crippen LogP contribution in [0.5, 0.6) is 6.01 Å². The molecule has 0 unspecified atom stereocenters. The zero-order valence-electron chi connectivity index (χ0n) is 14.3. The molecule has 1 radical (unpaired) electrons. The van der Waals surface area contributed by atoms with Crippen molar-refractivity contribution in [3.63, 3.8) is 0 Å². The van der Waals surface area contributed by atoms with E-state index in [4.69, 9.17) is 4.74 Å². The van der Waals surface area contributed by atoms with E-state index in [0.29, 0.717) is 12.6 Å². The lowest BCUT2D eigenvalue weighted by Gasteiger charge is -2.08. The van der Waals surface area contributed by atoms with Gasteiger partial charge in [0.05, 0.1) is 6.61 Å². The van der Waals surface area contributed by atoms with Gasteiger partial charge in [0.25, 0.3) is 0 Å². The van der Waals surface area contributed by atoms with Crippen molar-refractivity contribution in [1.82, 2.24) is 9.97 Å². The molecule has 2 rings (SSSR count). The number of unbranched alkanes of at least 4 members (excludes halogenated alkanes) is 3. The maximum Gasteiger partial charge on any atom is 0.316 e. The van der Waals surface area contributed by atoms with Crippen LogP contribution in [0.4, 0.5) is 0 Å². The average Bonchev–Trinajstić information content (AvgIpc) is 2.62. The highest BCUT2D eigenvalue weighted by Gasteiger charge is 2.02. The molecule has 0 aliphatic carbocycles. The minimum absolute atomic E-state index is 0.462. The predicted molar refractivity (Wildman–Crippen MR) is 94.3 cm³/mol. The normalized spacial score (nSPS) is 12.1. The van der Waals surface area contributed by atoms with E-state index >= 15 is 0 Å². The minimum Gasteiger partial charge on any atom is -0.463 e. The highest BCUT2D eigenvalue weighted by atomic mass is 16.5. The second-order valence-corrected chi connectivity index (χ2v) is 6.10. The summed E-state index contributed by atoms with van der Waals surface area (Å²) in [5.74, 6) is 0.861. The molecular formula is C20H27N2O. The number of ether oxygens (including phenoxy) is 1. The highest BCUT2D eigenvalue weighted by molar-refractivity contribution is 5.60. The summed E-state index contributed by atoms with van der Waals surface area (Å²) < 4.78 is 5.61. The highest BCUT2D eigenvalue weighted by Crippen LogP contribution is 2.17. The zero-order valence-corrected chi connectivity index (χ0v) is 14.3. The molecule has 0 bridgehead atoms. The first-order valence-electron chi connectivity index (χ1n) is 8.71. The molecule has 0 spiro atoms. The van der Waals surface area contributed by atoms with Crippen LogP contribution >= 0.6 is 0 Å². The summed E-state index contributed by atoms with van der Waals surface area (Å²) in [6.07, 6.45) is 11.1. The second-order valence-electron chi connectivity index (χ2n) is 6.10. The Morgan fingerprint density at radius 3 is 2.57 bits per heavy atom. The Balaban J connectivity index is 1.63. The van der Waals surface area contributed by atoms with E-state index in [1.165, 1.54) is 32.1 Å². The van der Waals surface area contributed by atoms with Gasteiger partial charge in [0.15, 0.2) is 0 Å². The van der Waals surface area contributed by atoms with Gasteiger partial charge >= 0.3 is 6.01 Å². The third-order valence-corrected chi connectivity index (χ3v) is 4.17. The molecule has 0 N–H and O–H groups in total. The van der Waals surface area contributed by atoms with Crippen molar-refractivity contribution in [2.75, 3.05) is 6.61 Å². The van der Waals surface area contributed by atoms with Crippen molar-refractivity contribution >= 4 is 0 Å². The van der Waals surface area contributed by atoms with Crippen LogP contribution < -0.4 is 4.74 Å². The Labute approximate surface area is 140 Å². The molecule has 0 fully saturated rings. The van der Waals surface area contributed by atoms with Crippen molar-refractivity contribution in [2.24, 2.45) is 5.92 Å². The molecule has 0 aliphatic rings.